The van der Waals surface area contributed by atoms with Crippen LogP contribution in [0.15, 0.2) is 72.8 Å². The molecule has 0 radical (unpaired) electrons. The smallest absolute Gasteiger partial charge is 0.137 e. The molecule has 0 aromatic heterocycles. The SMILES string of the molecule is Clc1cccc2c(OCc3ccccc3)c3c(Cl)cccc3cc12. The third-order valence-corrected chi connectivity index (χ3v) is 4.74. The Labute approximate surface area is 150 Å². The minimum atomic E-state index is 0.479. The summed E-state index contributed by atoms with van der Waals surface area (Å²) < 4.78 is 6.21. The van der Waals surface area contributed by atoms with E-state index in [1.54, 1.807) is 0 Å². The minimum absolute atomic E-state index is 0.479. The van der Waals surface area contributed by atoms with Crippen molar-refractivity contribution in [3.8, 4) is 5.75 Å². The average molecular weight is 353 g/mol. The second-order valence-electron chi connectivity index (χ2n) is 5.65. The largest absolute Gasteiger partial charge is 0.488 e. The molecule has 0 aliphatic carbocycles. The van der Waals surface area contributed by atoms with Crippen molar-refractivity contribution in [1.29, 1.82) is 0 Å². The van der Waals surface area contributed by atoms with Crippen molar-refractivity contribution in [2.24, 2.45) is 0 Å². The predicted molar refractivity (Wildman–Crippen MR) is 102 cm³/mol. The van der Waals surface area contributed by atoms with Gasteiger partial charge >= 0.3 is 0 Å². The maximum absolute atomic E-state index is 6.47. The van der Waals surface area contributed by atoms with Crippen molar-refractivity contribution in [3.05, 3.63) is 88.4 Å². The van der Waals surface area contributed by atoms with Gasteiger partial charge in [0.15, 0.2) is 0 Å². The van der Waals surface area contributed by atoms with Crippen molar-refractivity contribution < 1.29 is 4.74 Å². The summed E-state index contributed by atoms with van der Waals surface area (Å²) in [6.45, 7) is 0.479. The van der Waals surface area contributed by atoms with Gasteiger partial charge in [0.05, 0.1) is 5.02 Å². The first-order valence-electron chi connectivity index (χ1n) is 7.70. The molecule has 0 aliphatic rings. The first kappa shape index (κ1) is 15.3. The van der Waals surface area contributed by atoms with Crippen LogP contribution in [0.5, 0.6) is 5.75 Å². The van der Waals surface area contributed by atoms with Gasteiger partial charge in [0.2, 0.25) is 0 Å². The first-order valence-corrected chi connectivity index (χ1v) is 8.46. The molecule has 1 nitrogen and oxygen atoms in total. The van der Waals surface area contributed by atoms with Crippen LogP contribution in [0.1, 0.15) is 5.56 Å². The summed E-state index contributed by atoms with van der Waals surface area (Å²) in [5, 5.41) is 5.27. The summed E-state index contributed by atoms with van der Waals surface area (Å²) in [7, 11) is 0. The molecule has 0 unspecified atom stereocenters. The van der Waals surface area contributed by atoms with Gasteiger partial charge in [0.25, 0.3) is 0 Å². The van der Waals surface area contributed by atoms with Crippen LogP contribution in [0, 0.1) is 0 Å². The average Bonchev–Trinajstić information content (AvgIpc) is 2.61. The molecule has 0 saturated carbocycles. The van der Waals surface area contributed by atoms with Gasteiger partial charge in [-0.3, -0.25) is 0 Å². The first-order chi connectivity index (χ1) is 11.7. The highest BCUT2D eigenvalue weighted by molar-refractivity contribution is 6.39. The normalized spacial score (nSPS) is 11.1. The van der Waals surface area contributed by atoms with Gasteiger partial charge in [0.1, 0.15) is 12.4 Å². The van der Waals surface area contributed by atoms with E-state index in [1.165, 1.54) is 0 Å². The Morgan fingerprint density at radius 2 is 1.46 bits per heavy atom. The summed E-state index contributed by atoms with van der Waals surface area (Å²) in [5.41, 5.74) is 1.11. The summed E-state index contributed by atoms with van der Waals surface area (Å²) in [6.07, 6.45) is 0. The number of hydrogen-bond donors (Lipinski definition) is 0. The molecule has 0 heterocycles. The Kier molecular flexibility index (Phi) is 4.05. The fourth-order valence-corrected chi connectivity index (χ4v) is 3.45. The van der Waals surface area contributed by atoms with Gasteiger partial charge in [-0.05, 0) is 29.1 Å². The zero-order valence-electron chi connectivity index (χ0n) is 12.8. The van der Waals surface area contributed by atoms with Crippen molar-refractivity contribution >= 4 is 44.7 Å². The molecule has 4 rings (SSSR count). The lowest BCUT2D eigenvalue weighted by Crippen LogP contribution is -1.97. The maximum atomic E-state index is 6.47. The quantitative estimate of drug-likeness (QED) is 0.365. The van der Waals surface area contributed by atoms with E-state index >= 15 is 0 Å². The Morgan fingerprint density at radius 1 is 0.708 bits per heavy atom. The molecule has 0 N–H and O–H groups in total. The number of fused-ring (bicyclic) bond motifs is 2. The van der Waals surface area contributed by atoms with E-state index in [0.29, 0.717) is 16.7 Å². The van der Waals surface area contributed by atoms with E-state index in [-0.39, 0.29) is 0 Å². The highest BCUT2D eigenvalue weighted by Gasteiger charge is 2.13. The monoisotopic (exact) mass is 352 g/mol. The van der Waals surface area contributed by atoms with E-state index in [9.17, 15) is 0 Å². The van der Waals surface area contributed by atoms with Crippen LogP contribution in [-0.4, -0.2) is 0 Å². The number of halogens is 2. The molecule has 0 saturated heterocycles. The zero-order chi connectivity index (χ0) is 16.5. The molecule has 0 fully saturated rings. The fraction of sp³-hybridized carbons (Fsp3) is 0.0476. The van der Waals surface area contributed by atoms with Gasteiger partial charge in [-0.25, -0.2) is 0 Å². The second kappa shape index (κ2) is 6.35. The van der Waals surface area contributed by atoms with Crippen molar-refractivity contribution in [2.75, 3.05) is 0 Å². The van der Waals surface area contributed by atoms with Crippen LogP contribution >= 0.6 is 23.2 Å². The summed E-state index contributed by atoms with van der Waals surface area (Å²) in [4.78, 5) is 0. The molecule has 0 spiro atoms. The topological polar surface area (TPSA) is 9.23 Å². The molecule has 0 aliphatic heterocycles. The van der Waals surface area contributed by atoms with Crippen LogP contribution in [0.25, 0.3) is 21.5 Å². The Hall–Kier alpha value is -2.22. The van der Waals surface area contributed by atoms with Crippen molar-refractivity contribution in [2.45, 2.75) is 6.61 Å². The lowest BCUT2D eigenvalue weighted by Gasteiger charge is -2.15. The Morgan fingerprint density at radius 3 is 2.29 bits per heavy atom. The molecule has 4 aromatic rings. The van der Waals surface area contributed by atoms with E-state index in [1.807, 2.05) is 66.7 Å². The van der Waals surface area contributed by atoms with Crippen LogP contribution in [0.3, 0.4) is 0 Å². The van der Waals surface area contributed by atoms with Gasteiger partial charge in [-0.1, -0.05) is 77.8 Å². The van der Waals surface area contributed by atoms with Crippen LogP contribution in [0.4, 0.5) is 0 Å². The fourth-order valence-electron chi connectivity index (χ4n) is 2.95. The standard InChI is InChI=1S/C21H14Cl2O/c22-18-10-5-9-16-17(18)12-15-8-4-11-19(23)20(15)21(16)24-13-14-6-2-1-3-7-14/h1-12H,13H2. The van der Waals surface area contributed by atoms with Gasteiger partial charge in [0, 0.05) is 21.2 Å². The summed E-state index contributed by atoms with van der Waals surface area (Å²) in [5.74, 6) is 0.777. The molecule has 0 atom stereocenters. The molecule has 0 bridgehead atoms. The number of rotatable bonds is 3. The Bertz CT molecular complexity index is 1030. The van der Waals surface area contributed by atoms with Crippen LogP contribution < -0.4 is 4.74 Å². The molecular formula is C21H14Cl2O. The third kappa shape index (κ3) is 2.71. The van der Waals surface area contributed by atoms with Gasteiger partial charge < -0.3 is 4.74 Å². The lowest BCUT2D eigenvalue weighted by atomic mass is 10.0. The minimum Gasteiger partial charge on any atom is -0.488 e. The number of hydrogen-bond acceptors (Lipinski definition) is 1. The number of benzene rings is 4. The molecule has 0 amide bonds. The second-order valence-corrected chi connectivity index (χ2v) is 6.47. The molecular weight excluding hydrogens is 339 g/mol. The van der Waals surface area contributed by atoms with Crippen molar-refractivity contribution in [3.63, 3.8) is 0 Å². The molecule has 3 heteroatoms. The highest BCUT2D eigenvalue weighted by Crippen LogP contribution is 2.41. The summed E-state index contributed by atoms with van der Waals surface area (Å²) >= 11 is 12.9. The predicted octanol–water partition coefficient (Wildman–Crippen LogP) is 6.88. The highest BCUT2D eigenvalue weighted by atomic mass is 35.5. The van der Waals surface area contributed by atoms with Gasteiger partial charge in [-0.2, -0.15) is 0 Å². The molecule has 24 heavy (non-hydrogen) atoms. The molecule has 118 valence electrons. The maximum Gasteiger partial charge on any atom is 0.137 e. The molecule has 4 aromatic carbocycles. The Balaban J connectivity index is 1.93. The van der Waals surface area contributed by atoms with E-state index in [2.05, 4.69) is 6.07 Å². The van der Waals surface area contributed by atoms with Crippen LogP contribution in [0.2, 0.25) is 10.0 Å². The lowest BCUT2D eigenvalue weighted by molar-refractivity contribution is 0.314. The van der Waals surface area contributed by atoms with E-state index in [4.69, 9.17) is 27.9 Å². The van der Waals surface area contributed by atoms with E-state index in [0.717, 1.165) is 32.9 Å². The van der Waals surface area contributed by atoms with Gasteiger partial charge in [-0.15, -0.1) is 0 Å². The third-order valence-electron chi connectivity index (χ3n) is 4.10. The number of ether oxygens (including phenoxy) is 1. The zero-order valence-corrected chi connectivity index (χ0v) is 14.3. The van der Waals surface area contributed by atoms with Crippen molar-refractivity contribution in [1.82, 2.24) is 0 Å². The van der Waals surface area contributed by atoms with Crippen LogP contribution in [-0.2, 0) is 6.61 Å². The van der Waals surface area contributed by atoms with E-state index < -0.39 is 0 Å². The summed E-state index contributed by atoms with van der Waals surface area (Å²) in [6, 6.07) is 23.8.